The minimum atomic E-state index is -0.427. The molecule has 1 aliphatic rings. The molecule has 0 spiro atoms. The third-order valence-electron chi connectivity index (χ3n) is 4.21. The molecule has 0 unspecified atom stereocenters. The van der Waals surface area contributed by atoms with Crippen LogP contribution in [0.4, 0.5) is 21.8 Å². The van der Waals surface area contributed by atoms with E-state index in [1.165, 1.54) is 12.1 Å². The van der Waals surface area contributed by atoms with Gasteiger partial charge in [0.25, 0.3) is 0 Å². The average molecular weight is 362 g/mol. The Labute approximate surface area is 148 Å². The Morgan fingerprint density at radius 3 is 2.84 bits per heavy atom. The summed E-state index contributed by atoms with van der Waals surface area (Å²) in [6.45, 7) is 0.599. The van der Waals surface area contributed by atoms with Gasteiger partial charge in [-0.25, -0.2) is 4.39 Å². The summed E-state index contributed by atoms with van der Waals surface area (Å²) < 4.78 is 15.2. The van der Waals surface area contributed by atoms with E-state index in [1.807, 2.05) is 0 Å². The Bertz CT molecular complexity index is 931. The van der Waals surface area contributed by atoms with E-state index in [2.05, 4.69) is 25.7 Å². The van der Waals surface area contributed by atoms with Crippen molar-refractivity contribution in [3.8, 4) is 0 Å². The van der Waals surface area contributed by atoms with Gasteiger partial charge in [-0.3, -0.25) is 4.68 Å². The number of hydrogen-bond acceptors (Lipinski definition) is 6. The van der Waals surface area contributed by atoms with Crippen LogP contribution in [0.2, 0.25) is 5.02 Å². The standard InChI is InChI=1S/C16H17ClFN7/c1-25-14-12(7-21-25)13(22-11-5-9(17)4-10(18)6-11)23-15(24-14)20-8-16(19)2-3-16/h4-7H,2-3,8,19H2,1H3,(H2,20,22,23,24). The molecule has 130 valence electrons. The number of aromatic nitrogens is 4. The van der Waals surface area contributed by atoms with Gasteiger partial charge in [0.2, 0.25) is 5.95 Å². The molecule has 0 radical (unpaired) electrons. The van der Waals surface area contributed by atoms with Crippen molar-refractivity contribution in [2.45, 2.75) is 18.4 Å². The number of aryl methyl sites for hydroxylation is 1. The fraction of sp³-hybridized carbons (Fsp3) is 0.312. The van der Waals surface area contributed by atoms with Crippen LogP contribution < -0.4 is 16.4 Å². The molecule has 0 bridgehead atoms. The summed E-state index contributed by atoms with van der Waals surface area (Å²) in [4.78, 5) is 8.98. The average Bonchev–Trinajstić information content (AvgIpc) is 3.16. The van der Waals surface area contributed by atoms with Crippen LogP contribution in [0.25, 0.3) is 11.0 Å². The van der Waals surface area contributed by atoms with Crippen LogP contribution >= 0.6 is 11.6 Å². The van der Waals surface area contributed by atoms with Gasteiger partial charge in [0.1, 0.15) is 11.6 Å². The quantitative estimate of drug-likeness (QED) is 0.647. The summed E-state index contributed by atoms with van der Waals surface area (Å²) in [6.07, 6.45) is 3.63. The molecule has 0 atom stereocenters. The van der Waals surface area contributed by atoms with Gasteiger partial charge in [0, 0.05) is 29.8 Å². The van der Waals surface area contributed by atoms with Crippen LogP contribution in [0.1, 0.15) is 12.8 Å². The highest BCUT2D eigenvalue weighted by atomic mass is 35.5. The van der Waals surface area contributed by atoms with E-state index >= 15 is 0 Å². The van der Waals surface area contributed by atoms with Crippen molar-refractivity contribution in [2.24, 2.45) is 12.8 Å². The summed E-state index contributed by atoms with van der Waals surface area (Å²) in [5, 5.41) is 11.5. The molecule has 0 amide bonds. The smallest absolute Gasteiger partial charge is 0.226 e. The molecule has 4 rings (SSSR count). The molecule has 2 aromatic heterocycles. The number of nitrogens with two attached hydrogens (primary N) is 1. The topological polar surface area (TPSA) is 93.7 Å². The molecule has 3 aromatic rings. The van der Waals surface area contributed by atoms with Gasteiger partial charge < -0.3 is 16.4 Å². The van der Waals surface area contributed by atoms with Crippen molar-refractivity contribution < 1.29 is 4.39 Å². The van der Waals surface area contributed by atoms with Gasteiger partial charge in [-0.1, -0.05) is 11.6 Å². The van der Waals surface area contributed by atoms with E-state index in [9.17, 15) is 4.39 Å². The molecule has 7 nitrogen and oxygen atoms in total. The summed E-state index contributed by atoms with van der Waals surface area (Å²) >= 11 is 5.92. The molecule has 4 N–H and O–H groups in total. The van der Waals surface area contributed by atoms with Crippen LogP contribution in [-0.4, -0.2) is 31.8 Å². The Morgan fingerprint density at radius 1 is 1.32 bits per heavy atom. The number of nitrogens with one attached hydrogen (secondary N) is 2. The number of nitrogens with zero attached hydrogens (tertiary/aromatic N) is 4. The van der Waals surface area contributed by atoms with Crippen LogP contribution in [0.15, 0.2) is 24.4 Å². The molecular formula is C16H17ClFN7. The number of benzene rings is 1. The second-order valence-electron chi connectivity index (χ2n) is 6.40. The van der Waals surface area contributed by atoms with Crippen molar-refractivity contribution in [1.82, 2.24) is 19.7 Å². The Kier molecular flexibility index (Phi) is 3.73. The number of hydrogen-bond donors (Lipinski definition) is 3. The molecule has 1 saturated carbocycles. The molecule has 1 fully saturated rings. The lowest BCUT2D eigenvalue weighted by Gasteiger charge is -2.13. The van der Waals surface area contributed by atoms with Crippen molar-refractivity contribution in [3.63, 3.8) is 0 Å². The second-order valence-corrected chi connectivity index (χ2v) is 6.84. The van der Waals surface area contributed by atoms with Crippen LogP contribution in [-0.2, 0) is 7.05 Å². The summed E-state index contributed by atoms with van der Waals surface area (Å²) in [7, 11) is 1.80. The summed E-state index contributed by atoms with van der Waals surface area (Å²) in [6, 6.07) is 4.22. The monoisotopic (exact) mass is 361 g/mol. The highest BCUT2D eigenvalue weighted by molar-refractivity contribution is 6.30. The molecular weight excluding hydrogens is 345 g/mol. The second kappa shape index (κ2) is 5.82. The van der Waals surface area contributed by atoms with Crippen LogP contribution in [0, 0.1) is 5.82 Å². The normalized spacial score (nSPS) is 15.4. The first-order valence-corrected chi connectivity index (χ1v) is 8.25. The van der Waals surface area contributed by atoms with E-state index in [0.29, 0.717) is 34.7 Å². The molecule has 1 aliphatic carbocycles. The SMILES string of the molecule is Cn1ncc2c(Nc3cc(F)cc(Cl)c3)nc(NCC3(N)CC3)nc21. The summed E-state index contributed by atoms with van der Waals surface area (Å²) in [5.41, 5.74) is 7.09. The first-order chi connectivity index (χ1) is 11.9. The number of fused-ring (bicyclic) bond motifs is 1. The maximum absolute atomic E-state index is 13.6. The Hall–Kier alpha value is -2.45. The minimum absolute atomic E-state index is 0.172. The van der Waals surface area contributed by atoms with Crippen molar-refractivity contribution >= 4 is 40.1 Å². The maximum Gasteiger partial charge on any atom is 0.226 e. The molecule has 0 saturated heterocycles. The van der Waals surface area contributed by atoms with Gasteiger partial charge in [-0.05, 0) is 31.0 Å². The fourth-order valence-electron chi connectivity index (χ4n) is 2.55. The molecule has 2 heterocycles. The largest absolute Gasteiger partial charge is 0.352 e. The fourth-order valence-corrected chi connectivity index (χ4v) is 2.77. The van der Waals surface area contributed by atoms with E-state index in [0.717, 1.165) is 18.2 Å². The number of rotatable bonds is 5. The first kappa shape index (κ1) is 16.0. The molecule has 1 aromatic carbocycles. The van der Waals surface area contributed by atoms with Gasteiger partial charge in [0.15, 0.2) is 5.65 Å². The van der Waals surface area contributed by atoms with E-state index < -0.39 is 5.82 Å². The van der Waals surface area contributed by atoms with E-state index in [-0.39, 0.29) is 5.54 Å². The third kappa shape index (κ3) is 3.35. The lowest BCUT2D eigenvalue weighted by Crippen LogP contribution is -2.31. The predicted molar refractivity (Wildman–Crippen MR) is 95.6 cm³/mol. The highest BCUT2D eigenvalue weighted by Gasteiger charge is 2.38. The van der Waals surface area contributed by atoms with E-state index in [1.54, 1.807) is 24.0 Å². The van der Waals surface area contributed by atoms with Crippen LogP contribution in [0.5, 0.6) is 0 Å². The predicted octanol–water partition coefficient (Wildman–Crippen LogP) is 2.80. The van der Waals surface area contributed by atoms with Gasteiger partial charge >= 0.3 is 0 Å². The molecule has 25 heavy (non-hydrogen) atoms. The molecule has 0 aliphatic heterocycles. The zero-order chi connectivity index (χ0) is 17.6. The van der Waals surface area contributed by atoms with Crippen LogP contribution in [0.3, 0.4) is 0 Å². The Balaban J connectivity index is 1.70. The molecule has 9 heteroatoms. The number of halogens is 2. The van der Waals surface area contributed by atoms with Gasteiger partial charge in [-0.2, -0.15) is 15.1 Å². The lowest BCUT2D eigenvalue weighted by molar-refractivity contribution is 0.628. The third-order valence-corrected chi connectivity index (χ3v) is 4.43. The lowest BCUT2D eigenvalue weighted by atomic mass is 10.3. The van der Waals surface area contributed by atoms with Crippen molar-refractivity contribution in [2.75, 3.05) is 17.2 Å². The van der Waals surface area contributed by atoms with Crippen molar-refractivity contribution in [3.05, 3.63) is 35.2 Å². The summed E-state index contributed by atoms with van der Waals surface area (Å²) in [5.74, 6) is 0.533. The van der Waals surface area contributed by atoms with Crippen molar-refractivity contribution in [1.29, 1.82) is 0 Å². The van der Waals surface area contributed by atoms with E-state index in [4.69, 9.17) is 17.3 Å². The first-order valence-electron chi connectivity index (χ1n) is 7.88. The minimum Gasteiger partial charge on any atom is -0.352 e. The zero-order valence-corrected chi connectivity index (χ0v) is 14.3. The van der Waals surface area contributed by atoms with Gasteiger partial charge in [0.05, 0.1) is 11.6 Å². The zero-order valence-electron chi connectivity index (χ0n) is 13.6. The number of anilines is 3. The maximum atomic E-state index is 13.6. The Morgan fingerprint density at radius 2 is 2.12 bits per heavy atom. The van der Waals surface area contributed by atoms with Gasteiger partial charge in [-0.15, -0.1) is 0 Å². The highest BCUT2D eigenvalue weighted by Crippen LogP contribution is 2.32.